The summed E-state index contributed by atoms with van der Waals surface area (Å²) in [6, 6.07) is 7.33. The van der Waals surface area contributed by atoms with E-state index < -0.39 is 5.97 Å². The van der Waals surface area contributed by atoms with E-state index in [1.807, 2.05) is 36.7 Å². The van der Waals surface area contributed by atoms with Crippen LogP contribution in [0.25, 0.3) is 22.3 Å². The van der Waals surface area contributed by atoms with E-state index in [9.17, 15) is 4.79 Å². The number of benzene rings is 1. The maximum Gasteiger partial charge on any atom is 0.339 e. The lowest BCUT2D eigenvalue weighted by Gasteiger charge is -1.99. The summed E-state index contributed by atoms with van der Waals surface area (Å²) < 4.78 is 2.00. The van der Waals surface area contributed by atoms with Gasteiger partial charge in [0.2, 0.25) is 0 Å². The first-order valence-corrected chi connectivity index (χ1v) is 6.12. The maximum absolute atomic E-state index is 11.0. The largest absolute Gasteiger partial charge is 0.478 e. The zero-order valence-corrected chi connectivity index (χ0v) is 11.1. The number of hydrogen-bond acceptors (Lipinski definition) is 3. The summed E-state index contributed by atoms with van der Waals surface area (Å²) >= 11 is 0. The average Bonchev–Trinajstić information content (AvgIpc) is 2.91. The Kier molecular flexibility index (Phi) is 2.53. The van der Waals surface area contributed by atoms with Crippen molar-refractivity contribution in [3.8, 4) is 11.3 Å². The summed E-state index contributed by atoms with van der Waals surface area (Å²) in [5, 5.41) is 9.02. The fourth-order valence-electron chi connectivity index (χ4n) is 2.29. The monoisotopic (exact) mass is 270 g/mol. The van der Waals surface area contributed by atoms with Gasteiger partial charge in [0.15, 0.2) is 0 Å². The Labute approximate surface area is 114 Å². The molecule has 0 radical (unpaired) electrons. The van der Waals surface area contributed by atoms with Crippen LogP contribution in [0.1, 0.15) is 16.2 Å². The van der Waals surface area contributed by atoms with Gasteiger partial charge in [0.1, 0.15) is 17.2 Å². The van der Waals surface area contributed by atoms with E-state index in [2.05, 4.69) is 9.97 Å². The van der Waals surface area contributed by atoms with Crippen LogP contribution in [0.15, 0.2) is 24.3 Å². The standard InChI is InChI=1S/C14H14N4O2/c1-7-16-11-5-8(3-4-12(11)18(7)2)10-6-9(14(19)20)13(15)17-10/h3-6,17H,15H2,1-2H3,(H,19,20). The molecule has 0 spiro atoms. The lowest BCUT2D eigenvalue weighted by atomic mass is 10.1. The number of nitrogen functional groups attached to an aromatic ring is 1. The Bertz CT molecular complexity index is 829. The van der Waals surface area contributed by atoms with Crippen LogP contribution in [0.2, 0.25) is 0 Å². The van der Waals surface area contributed by atoms with E-state index in [1.54, 1.807) is 0 Å². The van der Waals surface area contributed by atoms with Gasteiger partial charge in [0.05, 0.1) is 11.0 Å². The predicted molar refractivity (Wildman–Crippen MR) is 76.6 cm³/mol. The first-order valence-electron chi connectivity index (χ1n) is 6.12. The summed E-state index contributed by atoms with van der Waals surface area (Å²) in [7, 11) is 1.96. The van der Waals surface area contributed by atoms with Crippen LogP contribution < -0.4 is 5.73 Å². The highest BCUT2D eigenvalue weighted by molar-refractivity contribution is 5.95. The van der Waals surface area contributed by atoms with Crippen LogP contribution in [-0.4, -0.2) is 25.6 Å². The second-order valence-corrected chi connectivity index (χ2v) is 4.74. The first kappa shape index (κ1) is 12.3. The molecule has 0 bridgehead atoms. The maximum atomic E-state index is 11.0. The molecule has 2 heterocycles. The summed E-state index contributed by atoms with van der Waals surface area (Å²) in [5.74, 6) is 0.0407. The molecule has 0 aliphatic heterocycles. The van der Waals surface area contributed by atoms with Crippen molar-refractivity contribution in [2.45, 2.75) is 6.92 Å². The quantitative estimate of drug-likeness (QED) is 0.664. The highest BCUT2D eigenvalue weighted by atomic mass is 16.4. The Morgan fingerprint density at radius 2 is 2.15 bits per heavy atom. The Morgan fingerprint density at radius 3 is 2.80 bits per heavy atom. The van der Waals surface area contributed by atoms with E-state index >= 15 is 0 Å². The normalized spacial score (nSPS) is 11.1. The molecule has 102 valence electrons. The number of nitrogens with one attached hydrogen (secondary N) is 1. The Hall–Kier alpha value is -2.76. The van der Waals surface area contributed by atoms with Gasteiger partial charge in [-0.05, 0) is 25.1 Å². The minimum atomic E-state index is -1.04. The first-order chi connectivity index (χ1) is 9.47. The molecule has 6 heteroatoms. The number of carbonyl (C=O) groups is 1. The molecule has 0 aliphatic carbocycles. The van der Waals surface area contributed by atoms with Crippen LogP contribution in [0.3, 0.4) is 0 Å². The number of nitrogens with two attached hydrogens (primary N) is 1. The van der Waals surface area contributed by atoms with Crippen LogP contribution in [0.5, 0.6) is 0 Å². The minimum Gasteiger partial charge on any atom is -0.478 e. The second kappa shape index (κ2) is 4.12. The zero-order chi connectivity index (χ0) is 14.4. The van der Waals surface area contributed by atoms with Crippen LogP contribution in [0, 0.1) is 6.92 Å². The molecule has 6 nitrogen and oxygen atoms in total. The van der Waals surface area contributed by atoms with Crippen molar-refractivity contribution in [1.82, 2.24) is 14.5 Å². The van der Waals surface area contributed by atoms with Crippen molar-refractivity contribution in [3.63, 3.8) is 0 Å². The number of carboxylic acids is 1. The summed E-state index contributed by atoms with van der Waals surface area (Å²) in [6.45, 7) is 1.94. The zero-order valence-electron chi connectivity index (χ0n) is 11.1. The van der Waals surface area contributed by atoms with Crippen molar-refractivity contribution in [1.29, 1.82) is 0 Å². The number of nitrogens with zero attached hydrogens (tertiary/aromatic N) is 2. The third-order valence-corrected chi connectivity index (χ3v) is 3.49. The topological polar surface area (TPSA) is 96.9 Å². The number of carboxylic acid groups (broad SMARTS) is 1. The molecule has 0 saturated heterocycles. The molecule has 2 aromatic heterocycles. The molecule has 3 rings (SSSR count). The van der Waals surface area contributed by atoms with E-state index in [1.165, 1.54) is 6.07 Å². The summed E-state index contributed by atoms with van der Waals surface area (Å²) in [6.07, 6.45) is 0. The highest BCUT2D eigenvalue weighted by Gasteiger charge is 2.14. The fraction of sp³-hybridized carbons (Fsp3) is 0.143. The number of imidazole rings is 1. The number of H-pyrrole nitrogens is 1. The smallest absolute Gasteiger partial charge is 0.339 e. The summed E-state index contributed by atoms with van der Waals surface area (Å²) in [5.41, 5.74) is 9.17. The number of anilines is 1. The third kappa shape index (κ3) is 1.73. The van der Waals surface area contributed by atoms with Crippen molar-refractivity contribution >= 4 is 22.8 Å². The van der Waals surface area contributed by atoms with Crippen LogP contribution in [-0.2, 0) is 7.05 Å². The van der Waals surface area contributed by atoms with E-state index in [-0.39, 0.29) is 11.4 Å². The third-order valence-electron chi connectivity index (χ3n) is 3.49. The molecule has 1 aromatic carbocycles. The predicted octanol–water partition coefficient (Wildman–Crippen LogP) is 2.16. The van der Waals surface area contributed by atoms with Crippen LogP contribution >= 0.6 is 0 Å². The molecule has 0 unspecified atom stereocenters. The molecule has 0 fully saturated rings. The number of hydrogen-bond donors (Lipinski definition) is 3. The Morgan fingerprint density at radius 1 is 1.40 bits per heavy atom. The second-order valence-electron chi connectivity index (χ2n) is 4.74. The van der Waals surface area contributed by atoms with Gasteiger partial charge in [-0.1, -0.05) is 6.07 Å². The van der Waals surface area contributed by atoms with Crippen molar-refractivity contribution in [2.24, 2.45) is 7.05 Å². The van der Waals surface area contributed by atoms with Gasteiger partial charge in [-0.15, -0.1) is 0 Å². The molecule has 3 aromatic rings. The van der Waals surface area contributed by atoms with Gasteiger partial charge in [-0.25, -0.2) is 9.78 Å². The molecule has 0 saturated carbocycles. The van der Waals surface area contributed by atoms with Crippen LogP contribution in [0.4, 0.5) is 5.82 Å². The minimum absolute atomic E-state index is 0.0808. The van der Waals surface area contributed by atoms with E-state index in [4.69, 9.17) is 10.8 Å². The van der Waals surface area contributed by atoms with Crippen molar-refractivity contribution in [2.75, 3.05) is 5.73 Å². The van der Waals surface area contributed by atoms with E-state index in [0.717, 1.165) is 22.4 Å². The van der Waals surface area contributed by atoms with Gasteiger partial charge < -0.3 is 20.4 Å². The number of aryl methyl sites for hydroxylation is 2. The molecule has 0 amide bonds. The molecule has 0 aliphatic rings. The molecule has 0 atom stereocenters. The molecule has 4 N–H and O–H groups in total. The summed E-state index contributed by atoms with van der Waals surface area (Å²) in [4.78, 5) is 18.4. The molecular weight excluding hydrogens is 256 g/mol. The fourth-order valence-corrected chi connectivity index (χ4v) is 2.29. The number of fused-ring (bicyclic) bond motifs is 1. The van der Waals surface area contributed by atoms with Gasteiger partial charge in [-0.2, -0.15) is 0 Å². The average molecular weight is 270 g/mol. The Balaban J connectivity index is 2.15. The lowest BCUT2D eigenvalue weighted by molar-refractivity contribution is 0.0698. The van der Waals surface area contributed by atoms with Crippen molar-refractivity contribution in [3.05, 3.63) is 35.7 Å². The SMILES string of the molecule is Cc1nc2cc(-c3cc(C(=O)O)c(N)[nH]3)ccc2n1C. The molecule has 20 heavy (non-hydrogen) atoms. The number of rotatable bonds is 2. The number of aromatic amines is 1. The molecular formula is C14H14N4O2. The lowest BCUT2D eigenvalue weighted by Crippen LogP contribution is -1.98. The van der Waals surface area contributed by atoms with Gasteiger partial charge in [0.25, 0.3) is 0 Å². The van der Waals surface area contributed by atoms with Gasteiger partial charge in [0, 0.05) is 18.3 Å². The van der Waals surface area contributed by atoms with E-state index in [0.29, 0.717) is 5.69 Å². The number of aromatic carboxylic acids is 1. The van der Waals surface area contributed by atoms with Gasteiger partial charge >= 0.3 is 5.97 Å². The number of aromatic nitrogens is 3. The van der Waals surface area contributed by atoms with Crippen molar-refractivity contribution < 1.29 is 9.90 Å². The highest BCUT2D eigenvalue weighted by Crippen LogP contribution is 2.26. The van der Waals surface area contributed by atoms with Gasteiger partial charge in [-0.3, -0.25) is 0 Å².